The lowest BCUT2D eigenvalue weighted by Gasteiger charge is -2.11. The van der Waals surface area contributed by atoms with E-state index in [1.54, 1.807) is 23.9 Å². The van der Waals surface area contributed by atoms with Crippen molar-refractivity contribution >= 4 is 28.3 Å². The van der Waals surface area contributed by atoms with E-state index in [9.17, 15) is 10.1 Å². The first-order valence-corrected chi connectivity index (χ1v) is 5.35. The predicted molar refractivity (Wildman–Crippen MR) is 58.6 cm³/mol. The molecule has 1 aromatic rings. The number of hydrogen-bond acceptors (Lipinski definition) is 5. The van der Waals surface area contributed by atoms with Gasteiger partial charge in [0, 0.05) is 23.6 Å². The standard InChI is InChI=1S/C9H7N3O2S/c13-12(14)6-1-2-8-7(5-6)11-4-3-10-9(11)15-8/h1-2,5H,3-4H2. The van der Waals surface area contributed by atoms with Crippen LogP contribution >= 0.6 is 11.8 Å². The van der Waals surface area contributed by atoms with Crippen molar-refractivity contribution in [3.63, 3.8) is 0 Å². The van der Waals surface area contributed by atoms with Gasteiger partial charge in [-0.2, -0.15) is 0 Å². The van der Waals surface area contributed by atoms with Crippen molar-refractivity contribution in [1.29, 1.82) is 0 Å². The number of nitro benzene ring substituents is 1. The van der Waals surface area contributed by atoms with E-state index in [0.29, 0.717) is 0 Å². The SMILES string of the molecule is O=[N+]([O-])c1ccc2c(c1)N1CCN=C1S2. The molecule has 0 radical (unpaired) electrons. The number of rotatable bonds is 1. The molecular formula is C9H7N3O2S. The number of anilines is 1. The third-order valence-electron chi connectivity index (χ3n) is 2.45. The maximum Gasteiger partial charge on any atom is 0.271 e. The summed E-state index contributed by atoms with van der Waals surface area (Å²) >= 11 is 1.58. The summed E-state index contributed by atoms with van der Waals surface area (Å²) in [7, 11) is 0. The van der Waals surface area contributed by atoms with Gasteiger partial charge in [0.2, 0.25) is 0 Å². The first-order valence-electron chi connectivity index (χ1n) is 4.54. The number of amidine groups is 1. The molecule has 0 atom stereocenters. The van der Waals surface area contributed by atoms with Crippen LogP contribution in [0.25, 0.3) is 0 Å². The highest BCUT2D eigenvalue weighted by atomic mass is 32.2. The van der Waals surface area contributed by atoms with Gasteiger partial charge in [-0.15, -0.1) is 0 Å². The maximum atomic E-state index is 10.6. The Hall–Kier alpha value is -1.56. The normalized spacial score (nSPS) is 17.3. The number of nitro groups is 1. The topological polar surface area (TPSA) is 58.7 Å². The Morgan fingerprint density at radius 2 is 2.40 bits per heavy atom. The molecule has 2 heterocycles. The minimum atomic E-state index is -0.365. The van der Waals surface area contributed by atoms with Crippen LogP contribution in [0.5, 0.6) is 0 Å². The Bertz CT molecular complexity index is 486. The van der Waals surface area contributed by atoms with Gasteiger partial charge in [0.15, 0.2) is 5.17 Å². The van der Waals surface area contributed by atoms with Crippen molar-refractivity contribution < 1.29 is 4.92 Å². The average molecular weight is 221 g/mol. The van der Waals surface area contributed by atoms with Crippen LogP contribution in [0.1, 0.15) is 0 Å². The molecule has 76 valence electrons. The Balaban J connectivity index is 2.10. The molecule has 3 rings (SSSR count). The largest absolute Gasteiger partial charge is 0.318 e. The second-order valence-electron chi connectivity index (χ2n) is 3.33. The highest BCUT2D eigenvalue weighted by Gasteiger charge is 2.30. The molecule has 0 amide bonds. The van der Waals surface area contributed by atoms with Gasteiger partial charge in [-0.25, -0.2) is 0 Å². The number of nitrogens with zero attached hydrogens (tertiary/aromatic N) is 3. The third kappa shape index (κ3) is 1.21. The van der Waals surface area contributed by atoms with Gasteiger partial charge in [-0.1, -0.05) is 0 Å². The van der Waals surface area contributed by atoms with Crippen LogP contribution in [0.4, 0.5) is 11.4 Å². The molecule has 15 heavy (non-hydrogen) atoms. The van der Waals surface area contributed by atoms with Crippen LogP contribution in [0.2, 0.25) is 0 Å². The van der Waals surface area contributed by atoms with Crippen LogP contribution in [0.15, 0.2) is 28.1 Å². The zero-order valence-electron chi connectivity index (χ0n) is 7.71. The van der Waals surface area contributed by atoms with Gasteiger partial charge in [0.1, 0.15) is 0 Å². The molecule has 0 bridgehead atoms. The first kappa shape index (κ1) is 8.72. The van der Waals surface area contributed by atoms with Gasteiger partial charge in [0.25, 0.3) is 5.69 Å². The van der Waals surface area contributed by atoms with Crippen molar-refractivity contribution in [2.75, 3.05) is 18.0 Å². The summed E-state index contributed by atoms with van der Waals surface area (Å²) in [5, 5.41) is 11.6. The molecule has 0 N–H and O–H groups in total. The lowest BCUT2D eigenvalue weighted by molar-refractivity contribution is -0.384. The lowest BCUT2D eigenvalue weighted by atomic mass is 10.2. The molecule has 0 unspecified atom stereocenters. The molecule has 5 nitrogen and oxygen atoms in total. The number of thioether (sulfide) groups is 1. The Morgan fingerprint density at radius 1 is 1.53 bits per heavy atom. The average Bonchev–Trinajstić information content (AvgIpc) is 2.75. The molecule has 0 aliphatic carbocycles. The van der Waals surface area contributed by atoms with Crippen molar-refractivity contribution in [3.05, 3.63) is 28.3 Å². The quantitative estimate of drug-likeness (QED) is 0.536. The Morgan fingerprint density at radius 3 is 3.20 bits per heavy atom. The maximum absolute atomic E-state index is 10.6. The molecule has 6 heteroatoms. The zero-order valence-corrected chi connectivity index (χ0v) is 8.53. The summed E-state index contributed by atoms with van der Waals surface area (Å²) in [6.07, 6.45) is 0. The van der Waals surface area contributed by atoms with Gasteiger partial charge in [-0.3, -0.25) is 15.1 Å². The van der Waals surface area contributed by atoms with Crippen LogP contribution in [0.3, 0.4) is 0 Å². The van der Waals surface area contributed by atoms with Crippen molar-refractivity contribution in [2.45, 2.75) is 4.90 Å². The van der Waals surface area contributed by atoms with E-state index in [2.05, 4.69) is 4.99 Å². The number of fused-ring (bicyclic) bond motifs is 3. The number of benzene rings is 1. The summed E-state index contributed by atoms with van der Waals surface area (Å²) in [5.74, 6) is 0. The van der Waals surface area contributed by atoms with E-state index in [4.69, 9.17) is 0 Å². The second-order valence-corrected chi connectivity index (χ2v) is 4.34. The Kier molecular flexibility index (Phi) is 1.72. The van der Waals surface area contributed by atoms with Crippen molar-refractivity contribution in [2.24, 2.45) is 4.99 Å². The second kappa shape index (κ2) is 2.96. The van der Waals surface area contributed by atoms with Gasteiger partial charge in [-0.05, 0) is 17.8 Å². The van der Waals surface area contributed by atoms with Crippen LogP contribution < -0.4 is 4.90 Å². The number of non-ortho nitro benzene ring substituents is 1. The molecule has 0 fully saturated rings. The zero-order chi connectivity index (χ0) is 10.4. The lowest BCUT2D eigenvalue weighted by Crippen LogP contribution is -2.20. The molecule has 0 spiro atoms. The van der Waals surface area contributed by atoms with E-state index in [1.165, 1.54) is 6.07 Å². The fourth-order valence-corrected chi connectivity index (χ4v) is 2.81. The monoisotopic (exact) mass is 221 g/mol. The molecular weight excluding hydrogens is 214 g/mol. The first-order chi connectivity index (χ1) is 7.25. The minimum absolute atomic E-state index is 0.141. The van der Waals surface area contributed by atoms with E-state index >= 15 is 0 Å². The van der Waals surface area contributed by atoms with E-state index < -0.39 is 0 Å². The summed E-state index contributed by atoms with van der Waals surface area (Å²) in [6, 6.07) is 4.95. The van der Waals surface area contributed by atoms with Crippen LogP contribution in [-0.4, -0.2) is 23.2 Å². The molecule has 2 aliphatic rings. The van der Waals surface area contributed by atoms with Crippen LogP contribution in [-0.2, 0) is 0 Å². The fraction of sp³-hybridized carbons (Fsp3) is 0.222. The smallest absolute Gasteiger partial charge is 0.271 e. The van der Waals surface area contributed by atoms with Gasteiger partial charge in [0.05, 0.1) is 17.2 Å². The molecule has 0 saturated carbocycles. The molecule has 2 aliphatic heterocycles. The van der Waals surface area contributed by atoms with E-state index in [-0.39, 0.29) is 10.6 Å². The molecule has 0 saturated heterocycles. The Labute approximate surface area is 89.9 Å². The van der Waals surface area contributed by atoms with E-state index in [1.807, 2.05) is 4.90 Å². The number of hydrogen-bond donors (Lipinski definition) is 0. The summed E-state index contributed by atoms with van der Waals surface area (Å²) in [6.45, 7) is 1.61. The van der Waals surface area contributed by atoms with Gasteiger partial charge >= 0.3 is 0 Å². The highest BCUT2D eigenvalue weighted by Crippen LogP contribution is 2.43. The van der Waals surface area contributed by atoms with E-state index in [0.717, 1.165) is 28.8 Å². The van der Waals surface area contributed by atoms with Gasteiger partial charge < -0.3 is 4.90 Å². The molecule has 0 aromatic heterocycles. The predicted octanol–water partition coefficient (Wildman–Crippen LogP) is 1.88. The van der Waals surface area contributed by atoms with Crippen LogP contribution in [0, 0.1) is 10.1 Å². The minimum Gasteiger partial charge on any atom is -0.318 e. The summed E-state index contributed by atoms with van der Waals surface area (Å²) in [5.41, 5.74) is 1.06. The van der Waals surface area contributed by atoms with Crippen molar-refractivity contribution in [3.8, 4) is 0 Å². The third-order valence-corrected chi connectivity index (χ3v) is 3.54. The number of aliphatic imine (C=N–C) groups is 1. The van der Waals surface area contributed by atoms with Crippen molar-refractivity contribution in [1.82, 2.24) is 0 Å². The highest BCUT2D eigenvalue weighted by molar-refractivity contribution is 8.14. The summed E-state index contributed by atoms with van der Waals surface area (Å²) in [4.78, 5) is 17.7. The molecule has 1 aromatic carbocycles. The fourth-order valence-electron chi connectivity index (χ4n) is 1.75. The summed E-state index contributed by atoms with van der Waals surface area (Å²) < 4.78 is 0.